The van der Waals surface area contributed by atoms with Crippen molar-refractivity contribution in [3.8, 4) is 0 Å². The van der Waals surface area contributed by atoms with Gasteiger partial charge in [-0.25, -0.2) is 0 Å². The van der Waals surface area contributed by atoms with E-state index < -0.39 is 0 Å². The largest absolute Gasteiger partial charge is 0.372 e. The molecule has 4 atom stereocenters. The molecule has 2 saturated heterocycles. The van der Waals surface area contributed by atoms with Crippen LogP contribution < -0.4 is 5.73 Å². The van der Waals surface area contributed by atoms with Crippen LogP contribution in [-0.4, -0.2) is 30.5 Å². The maximum absolute atomic E-state index is 5.96. The quantitative estimate of drug-likeness (QED) is 0.613. The molecule has 0 aliphatic carbocycles. The molecule has 0 saturated carbocycles. The van der Waals surface area contributed by atoms with E-state index in [-0.39, 0.29) is 11.7 Å². The molecule has 0 amide bonds. The Morgan fingerprint density at radius 3 is 2.62 bits per heavy atom. The number of ether oxygens (including phenoxy) is 2. The van der Waals surface area contributed by atoms with Crippen LogP contribution in [-0.2, 0) is 9.47 Å². The van der Waals surface area contributed by atoms with Gasteiger partial charge in [0, 0.05) is 19.1 Å². The Bertz CT molecular complexity index is 197. The molecule has 0 aromatic carbocycles. The van der Waals surface area contributed by atoms with Gasteiger partial charge in [-0.2, -0.15) is 0 Å². The summed E-state index contributed by atoms with van der Waals surface area (Å²) in [4.78, 5) is 0. The van der Waals surface area contributed by atoms with Gasteiger partial charge in [0.15, 0.2) is 0 Å². The highest BCUT2D eigenvalue weighted by Crippen LogP contribution is 2.39. The van der Waals surface area contributed by atoms with E-state index in [0.717, 1.165) is 25.9 Å². The van der Waals surface area contributed by atoms with Gasteiger partial charge >= 0.3 is 0 Å². The van der Waals surface area contributed by atoms with Crippen LogP contribution in [0.3, 0.4) is 0 Å². The van der Waals surface area contributed by atoms with E-state index >= 15 is 0 Å². The number of nitrogens with two attached hydrogens (primary N) is 1. The van der Waals surface area contributed by atoms with Crippen LogP contribution in [0.25, 0.3) is 0 Å². The molecular weight excluding hydrogens is 166 g/mol. The number of hydrogen-bond acceptors (Lipinski definition) is 3. The summed E-state index contributed by atoms with van der Waals surface area (Å²) in [6, 6.07) is 0.296. The van der Waals surface area contributed by atoms with Gasteiger partial charge < -0.3 is 15.2 Å². The molecule has 13 heavy (non-hydrogen) atoms. The lowest BCUT2D eigenvalue weighted by molar-refractivity contribution is -0.117. The standard InChI is InChI=1S/C10H19NO2/c1-7-5-10(8(2)13-7)6-9(11)3-4-12-10/h7-9H,3-6,11H2,1-2H3. The van der Waals surface area contributed by atoms with Gasteiger partial charge in [-0.1, -0.05) is 0 Å². The van der Waals surface area contributed by atoms with E-state index in [1.165, 1.54) is 0 Å². The maximum atomic E-state index is 5.96. The molecule has 2 rings (SSSR count). The van der Waals surface area contributed by atoms with E-state index in [0.29, 0.717) is 12.1 Å². The maximum Gasteiger partial charge on any atom is 0.0979 e. The van der Waals surface area contributed by atoms with Gasteiger partial charge in [0.05, 0.1) is 17.8 Å². The van der Waals surface area contributed by atoms with E-state index in [4.69, 9.17) is 15.2 Å². The summed E-state index contributed by atoms with van der Waals surface area (Å²) in [5.74, 6) is 0. The van der Waals surface area contributed by atoms with Crippen LogP contribution in [0.2, 0.25) is 0 Å². The average molecular weight is 185 g/mol. The molecular formula is C10H19NO2. The molecule has 2 aliphatic heterocycles. The predicted octanol–water partition coefficient (Wildman–Crippen LogP) is 1.06. The summed E-state index contributed by atoms with van der Waals surface area (Å²) in [6.45, 7) is 5.00. The number of rotatable bonds is 0. The minimum atomic E-state index is -0.0723. The SMILES string of the molecule is CC1CC2(CC(N)CCO2)C(C)O1. The van der Waals surface area contributed by atoms with Crippen molar-refractivity contribution in [3.63, 3.8) is 0 Å². The van der Waals surface area contributed by atoms with Gasteiger partial charge in [-0.15, -0.1) is 0 Å². The monoisotopic (exact) mass is 185 g/mol. The molecule has 2 aliphatic rings. The first kappa shape index (κ1) is 9.44. The molecule has 0 aromatic heterocycles. The van der Waals surface area contributed by atoms with Crippen molar-refractivity contribution in [1.29, 1.82) is 0 Å². The zero-order valence-electron chi connectivity index (χ0n) is 8.45. The highest BCUT2D eigenvalue weighted by atomic mass is 16.6. The van der Waals surface area contributed by atoms with Crippen LogP contribution in [0.4, 0.5) is 0 Å². The van der Waals surface area contributed by atoms with E-state index in [2.05, 4.69) is 13.8 Å². The van der Waals surface area contributed by atoms with Crippen LogP contribution in [0.15, 0.2) is 0 Å². The van der Waals surface area contributed by atoms with Gasteiger partial charge in [0.2, 0.25) is 0 Å². The first-order valence-corrected chi connectivity index (χ1v) is 5.17. The summed E-state index contributed by atoms with van der Waals surface area (Å²) in [6.07, 6.45) is 3.47. The molecule has 1 spiro atoms. The molecule has 4 unspecified atom stereocenters. The molecule has 2 fully saturated rings. The minimum absolute atomic E-state index is 0.0723. The van der Waals surface area contributed by atoms with Gasteiger partial charge in [0.1, 0.15) is 0 Å². The van der Waals surface area contributed by atoms with E-state index in [9.17, 15) is 0 Å². The van der Waals surface area contributed by atoms with Crippen molar-refractivity contribution in [2.45, 2.75) is 57.0 Å². The fraction of sp³-hybridized carbons (Fsp3) is 1.00. The second kappa shape index (κ2) is 3.23. The van der Waals surface area contributed by atoms with Gasteiger partial charge in [-0.3, -0.25) is 0 Å². The lowest BCUT2D eigenvalue weighted by atomic mass is 9.84. The lowest BCUT2D eigenvalue weighted by Gasteiger charge is -2.38. The summed E-state index contributed by atoms with van der Waals surface area (Å²) < 4.78 is 11.6. The Hall–Kier alpha value is -0.120. The van der Waals surface area contributed by atoms with Crippen LogP contribution in [0, 0.1) is 0 Å². The fourth-order valence-corrected chi connectivity index (χ4v) is 2.62. The van der Waals surface area contributed by atoms with Crippen LogP contribution in [0.1, 0.15) is 33.1 Å². The van der Waals surface area contributed by atoms with Crippen molar-refractivity contribution in [3.05, 3.63) is 0 Å². The zero-order chi connectivity index (χ0) is 9.47. The van der Waals surface area contributed by atoms with Gasteiger partial charge in [0.25, 0.3) is 0 Å². The summed E-state index contributed by atoms with van der Waals surface area (Å²) in [5, 5.41) is 0. The Morgan fingerprint density at radius 2 is 2.08 bits per heavy atom. The van der Waals surface area contributed by atoms with Gasteiger partial charge in [-0.05, 0) is 26.7 Å². The average Bonchev–Trinajstić information content (AvgIpc) is 2.26. The molecule has 3 heteroatoms. The highest BCUT2D eigenvalue weighted by Gasteiger charge is 2.48. The smallest absolute Gasteiger partial charge is 0.0979 e. The summed E-state index contributed by atoms with van der Waals surface area (Å²) >= 11 is 0. The normalized spacial score (nSPS) is 51.5. The molecule has 2 N–H and O–H groups in total. The molecule has 3 nitrogen and oxygen atoms in total. The molecule has 0 bridgehead atoms. The van der Waals surface area contributed by atoms with E-state index in [1.54, 1.807) is 0 Å². The topological polar surface area (TPSA) is 44.5 Å². The molecule has 0 aromatic rings. The number of hydrogen-bond donors (Lipinski definition) is 1. The Balaban J connectivity index is 2.10. The summed E-state index contributed by atoms with van der Waals surface area (Å²) in [5.41, 5.74) is 5.89. The Labute approximate surface area is 79.6 Å². The minimum Gasteiger partial charge on any atom is -0.372 e. The summed E-state index contributed by atoms with van der Waals surface area (Å²) in [7, 11) is 0. The van der Waals surface area contributed by atoms with Crippen LogP contribution in [0.5, 0.6) is 0 Å². The lowest BCUT2D eigenvalue weighted by Crippen LogP contribution is -2.49. The second-order valence-corrected chi connectivity index (χ2v) is 4.46. The third-order valence-corrected chi connectivity index (χ3v) is 3.30. The highest BCUT2D eigenvalue weighted by molar-refractivity contribution is 4.99. The molecule has 76 valence electrons. The van der Waals surface area contributed by atoms with Crippen molar-refractivity contribution in [2.24, 2.45) is 5.73 Å². The Kier molecular flexibility index (Phi) is 2.34. The van der Waals surface area contributed by atoms with Crippen molar-refractivity contribution >= 4 is 0 Å². The predicted molar refractivity (Wildman–Crippen MR) is 50.5 cm³/mol. The third-order valence-electron chi connectivity index (χ3n) is 3.30. The fourth-order valence-electron chi connectivity index (χ4n) is 2.62. The second-order valence-electron chi connectivity index (χ2n) is 4.46. The van der Waals surface area contributed by atoms with Crippen molar-refractivity contribution in [1.82, 2.24) is 0 Å². The van der Waals surface area contributed by atoms with Crippen LogP contribution >= 0.6 is 0 Å². The third kappa shape index (κ3) is 1.60. The first-order chi connectivity index (χ1) is 6.12. The molecule has 0 radical (unpaired) electrons. The first-order valence-electron chi connectivity index (χ1n) is 5.17. The van der Waals surface area contributed by atoms with Crippen molar-refractivity contribution in [2.75, 3.05) is 6.61 Å². The molecule has 2 heterocycles. The Morgan fingerprint density at radius 1 is 1.31 bits per heavy atom. The van der Waals surface area contributed by atoms with Crippen molar-refractivity contribution < 1.29 is 9.47 Å². The zero-order valence-corrected chi connectivity index (χ0v) is 8.45. The van der Waals surface area contributed by atoms with E-state index in [1.807, 2.05) is 0 Å².